The van der Waals surface area contributed by atoms with Crippen molar-refractivity contribution in [3.05, 3.63) is 29.3 Å². The minimum atomic E-state index is -0.527. The SMILES string of the molecule is Cc1ccc(C)c(OCCCC(C#N)C(=O)N2CCCC2)c1. The average Bonchev–Trinajstić information content (AvgIpc) is 3.04. The molecule has 1 aromatic carbocycles. The van der Waals surface area contributed by atoms with Crippen molar-refractivity contribution in [1.29, 1.82) is 5.26 Å². The molecule has 1 atom stereocenters. The first-order valence-corrected chi connectivity index (χ1v) is 8.00. The summed E-state index contributed by atoms with van der Waals surface area (Å²) in [4.78, 5) is 14.0. The van der Waals surface area contributed by atoms with Crippen molar-refractivity contribution in [1.82, 2.24) is 4.90 Å². The van der Waals surface area contributed by atoms with Crippen LogP contribution in [0.15, 0.2) is 18.2 Å². The number of likely N-dealkylation sites (tertiary alicyclic amines) is 1. The first kappa shape index (κ1) is 16.4. The van der Waals surface area contributed by atoms with Gasteiger partial charge in [0.1, 0.15) is 11.7 Å². The smallest absolute Gasteiger partial charge is 0.239 e. The molecule has 22 heavy (non-hydrogen) atoms. The molecule has 1 aliphatic rings. The number of nitriles is 1. The van der Waals surface area contributed by atoms with Gasteiger partial charge >= 0.3 is 0 Å². The van der Waals surface area contributed by atoms with E-state index in [4.69, 9.17) is 4.74 Å². The maximum atomic E-state index is 12.2. The molecule has 1 amide bonds. The van der Waals surface area contributed by atoms with Crippen LogP contribution in [0.1, 0.15) is 36.8 Å². The van der Waals surface area contributed by atoms with Crippen LogP contribution in [0.2, 0.25) is 0 Å². The third-order valence-electron chi connectivity index (χ3n) is 4.11. The van der Waals surface area contributed by atoms with Crippen molar-refractivity contribution in [2.24, 2.45) is 5.92 Å². The summed E-state index contributed by atoms with van der Waals surface area (Å²) in [5.74, 6) is 0.353. The van der Waals surface area contributed by atoms with E-state index in [9.17, 15) is 10.1 Å². The predicted octanol–water partition coefficient (Wildman–Crippen LogP) is 3.22. The van der Waals surface area contributed by atoms with Crippen molar-refractivity contribution < 1.29 is 9.53 Å². The minimum absolute atomic E-state index is 0.00765. The van der Waals surface area contributed by atoms with Gasteiger partial charge in [-0.3, -0.25) is 4.79 Å². The van der Waals surface area contributed by atoms with Gasteiger partial charge in [0.05, 0.1) is 12.7 Å². The molecule has 2 rings (SSSR count). The average molecular weight is 300 g/mol. The number of aryl methyl sites for hydroxylation is 2. The fourth-order valence-corrected chi connectivity index (χ4v) is 2.73. The van der Waals surface area contributed by atoms with Gasteiger partial charge in [-0.1, -0.05) is 12.1 Å². The maximum Gasteiger partial charge on any atom is 0.239 e. The summed E-state index contributed by atoms with van der Waals surface area (Å²) in [7, 11) is 0. The van der Waals surface area contributed by atoms with Crippen LogP contribution in [-0.4, -0.2) is 30.5 Å². The first-order valence-electron chi connectivity index (χ1n) is 8.00. The van der Waals surface area contributed by atoms with E-state index in [1.165, 1.54) is 5.56 Å². The summed E-state index contributed by atoms with van der Waals surface area (Å²) in [5, 5.41) is 9.22. The topological polar surface area (TPSA) is 53.3 Å². The van der Waals surface area contributed by atoms with Crippen LogP contribution in [-0.2, 0) is 4.79 Å². The van der Waals surface area contributed by atoms with Crippen LogP contribution in [0, 0.1) is 31.1 Å². The highest BCUT2D eigenvalue weighted by Gasteiger charge is 2.25. The highest BCUT2D eigenvalue weighted by atomic mass is 16.5. The van der Waals surface area contributed by atoms with Gasteiger partial charge in [-0.05, 0) is 56.7 Å². The molecule has 4 nitrogen and oxygen atoms in total. The Labute approximate surface area is 132 Å². The normalized spacial score (nSPS) is 15.4. The molecule has 1 aromatic rings. The van der Waals surface area contributed by atoms with Gasteiger partial charge < -0.3 is 9.64 Å². The van der Waals surface area contributed by atoms with Gasteiger partial charge in [-0.2, -0.15) is 5.26 Å². The number of ether oxygens (including phenoxy) is 1. The van der Waals surface area contributed by atoms with Crippen LogP contribution >= 0.6 is 0 Å². The number of carbonyl (C=O) groups excluding carboxylic acids is 1. The van der Waals surface area contributed by atoms with Gasteiger partial charge in [0.15, 0.2) is 0 Å². The van der Waals surface area contributed by atoms with Crippen molar-refractivity contribution in [3.8, 4) is 11.8 Å². The van der Waals surface area contributed by atoms with Crippen LogP contribution < -0.4 is 4.74 Å². The molecule has 1 aliphatic heterocycles. The Morgan fingerprint density at radius 1 is 1.36 bits per heavy atom. The van der Waals surface area contributed by atoms with E-state index in [0.717, 1.165) is 37.2 Å². The summed E-state index contributed by atoms with van der Waals surface area (Å²) in [5.41, 5.74) is 2.27. The number of carbonyl (C=O) groups is 1. The quantitative estimate of drug-likeness (QED) is 0.758. The zero-order chi connectivity index (χ0) is 15.9. The number of hydrogen-bond donors (Lipinski definition) is 0. The Bertz CT molecular complexity index is 557. The monoisotopic (exact) mass is 300 g/mol. The molecule has 4 heteroatoms. The van der Waals surface area contributed by atoms with E-state index < -0.39 is 5.92 Å². The Morgan fingerprint density at radius 2 is 2.09 bits per heavy atom. The van der Waals surface area contributed by atoms with E-state index in [0.29, 0.717) is 19.4 Å². The van der Waals surface area contributed by atoms with Crippen molar-refractivity contribution >= 4 is 5.91 Å². The van der Waals surface area contributed by atoms with Crippen LogP contribution in [0.25, 0.3) is 0 Å². The standard InChI is InChI=1S/C18H24N2O2/c1-14-7-8-15(2)17(12-14)22-11-5-6-16(13-19)18(21)20-9-3-4-10-20/h7-8,12,16H,3-6,9-11H2,1-2H3. The third-order valence-corrected chi connectivity index (χ3v) is 4.11. The molecular formula is C18H24N2O2. The Morgan fingerprint density at radius 3 is 2.77 bits per heavy atom. The second-order valence-corrected chi connectivity index (χ2v) is 5.97. The molecular weight excluding hydrogens is 276 g/mol. The van der Waals surface area contributed by atoms with Crippen molar-refractivity contribution in [2.75, 3.05) is 19.7 Å². The van der Waals surface area contributed by atoms with Crippen molar-refractivity contribution in [2.45, 2.75) is 39.5 Å². The van der Waals surface area contributed by atoms with E-state index in [2.05, 4.69) is 12.1 Å². The van der Waals surface area contributed by atoms with Gasteiger partial charge in [0.2, 0.25) is 5.91 Å². The van der Waals surface area contributed by atoms with Gasteiger partial charge in [0, 0.05) is 13.1 Å². The lowest BCUT2D eigenvalue weighted by molar-refractivity contribution is -0.132. The molecule has 1 unspecified atom stereocenters. The summed E-state index contributed by atoms with van der Waals surface area (Å²) in [6.07, 6.45) is 3.39. The van der Waals surface area contributed by atoms with E-state index >= 15 is 0 Å². The van der Waals surface area contributed by atoms with E-state index in [1.807, 2.05) is 30.9 Å². The molecule has 1 saturated heterocycles. The molecule has 0 N–H and O–H groups in total. The largest absolute Gasteiger partial charge is 0.493 e. The lowest BCUT2D eigenvalue weighted by Gasteiger charge is -2.18. The molecule has 0 aromatic heterocycles. The Hall–Kier alpha value is -2.02. The van der Waals surface area contributed by atoms with Gasteiger partial charge in [-0.15, -0.1) is 0 Å². The Balaban J connectivity index is 1.78. The number of hydrogen-bond acceptors (Lipinski definition) is 3. The number of amides is 1. The maximum absolute atomic E-state index is 12.2. The number of rotatable bonds is 6. The van der Waals surface area contributed by atoms with Gasteiger partial charge in [-0.25, -0.2) is 0 Å². The second kappa shape index (κ2) is 7.84. The molecule has 118 valence electrons. The fraction of sp³-hybridized carbons (Fsp3) is 0.556. The summed E-state index contributed by atoms with van der Waals surface area (Å²) in [6, 6.07) is 8.27. The van der Waals surface area contributed by atoms with Crippen LogP contribution in [0.3, 0.4) is 0 Å². The minimum Gasteiger partial charge on any atom is -0.493 e. The summed E-state index contributed by atoms with van der Waals surface area (Å²) in [6.45, 7) is 6.19. The summed E-state index contributed by atoms with van der Waals surface area (Å²) < 4.78 is 5.78. The molecule has 1 fully saturated rings. The van der Waals surface area contributed by atoms with E-state index in [1.54, 1.807) is 0 Å². The predicted molar refractivity (Wildman–Crippen MR) is 85.6 cm³/mol. The molecule has 0 radical (unpaired) electrons. The molecule has 0 bridgehead atoms. The van der Waals surface area contributed by atoms with Crippen molar-refractivity contribution in [3.63, 3.8) is 0 Å². The molecule has 0 saturated carbocycles. The summed E-state index contributed by atoms with van der Waals surface area (Å²) >= 11 is 0. The van der Waals surface area contributed by atoms with Gasteiger partial charge in [0.25, 0.3) is 0 Å². The van der Waals surface area contributed by atoms with Crippen LogP contribution in [0.4, 0.5) is 0 Å². The highest BCUT2D eigenvalue weighted by molar-refractivity contribution is 5.81. The first-order chi connectivity index (χ1) is 10.6. The molecule has 0 aliphatic carbocycles. The van der Waals surface area contributed by atoms with E-state index in [-0.39, 0.29) is 5.91 Å². The lowest BCUT2D eigenvalue weighted by Crippen LogP contribution is -2.33. The zero-order valence-corrected chi connectivity index (χ0v) is 13.5. The molecule has 0 spiro atoms. The third kappa shape index (κ3) is 4.24. The number of benzene rings is 1. The highest BCUT2D eigenvalue weighted by Crippen LogP contribution is 2.20. The zero-order valence-electron chi connectivity index (χ0n) is 13.5. The number of nitrogens with zero attached hydrogens (tertiary/aromatic N) is 2. The fourth-order valence-electron chi connectivity index (χ4n) is 2.73. The molecule has 1 heterocycles. The Kier molecular flexibility index (Phi) is 5.83. The second-order valence-electron chi connectivity index (χ2n) is 5.97. The lowest BCUT2D eigenvalue weighted by atomic mass is 10.0. The van der Waals surface area contributed by atoms with Crippen LogP contribution in [0.5, 0.6) is 5.75 Å².